The molecule has 0 bridgehead atoms. The van der Waals surface area contributed by atoms with Crippen molar-refractivity contribution in [2.75, 3.05) is 0 Å². The average Bonchev–Trinajstić information content (AvgIpc) is 2.31. The van der Waals surface area contributed by atoms with Crippen LogP contribution < -0.4 is 5.73 Å². The predicted molar refractivity (Wildman–Crippen MR) is 71.3 cm³/mol. The maximum absolute atomic E-state index is 10.5. The van der Waals surface area contributed by atoms with Gasteiger partial charge in [0.2, 0.25) is 0 Å². The van der Waals surface area contributed by atoms with E-state index in [0.29, 0.717) is 10.9 Å². The first-order valence-corrected chi connectivity index (χ1v) is 7.14. The Hall–Kier alpha value is -0.710. The van der Waals surface area contributed by atoms with E-state index in [9.17, 15) is 4.21 Å². The van der Waals surface area contributed by atoms with Crippen LogP contribution in [0, 0.1) is 6.92 Å². The zero-order valence-electron chi connectivity index (χ0n) is 10.3. The topological polar surface area (TPSA) is 63.3 Å². The number of rotatable bonds is 1. The number of hydrogen-bond donors (Lipinski definition) is 2. The van der Waals surface area contributed by atoms with Crippen LogP contribution in [0.15, 0.2) is 29.2 Å². The van der Waals surface area contributed by atoms with Gasteiger partial charge in [-0.2, -0.15) is 0 Å². The summed E-state index contributed by atoms with van der Waals surface area (Å²) in [6.07, 6.45) is 6.66. The summed E-state index contributed by atoms with van der Waals surface area (Å²) in [5, 5.41) is 0. The second-order valence-corrected chi connectivity index (χ2v) is 5.35. The fourth-order valence-electron chi connectivity index (χ4n) is 1.89. The second kappa shape index (κ2) is 7.58. The van der Waals surface area contributed by atoms with E-state index in [1.165, 1.54) is 32.1 Å². The van der Waals surface area contributed by atoms with E-state index in [2.05, 4.69) is 0 Å². The first kappa shape index (κ1) is 14.4. The van der Waals surface area contributed by atoms with E-state index in [1.54, 1.807) is 12.1 Å². The molecule has 2 rings (SSSR count). The largest absolute Gasteiger partial charge is 0.328 e. The standard InChI is InChI=1S/C7H8O2S.C6H13N/c1-6-4-2-3-5-7(6)10(8)9;7-6-4-2-1-3-5-6/h2-5H,1H3,(H,8,9);6H,1-5,7H2. The van der Waals surface area contributed by atoms with Gasteiger partial charge in [-0.05, 0) is 31.4 Å². The molecule has 96 valence electrons. The highest BCUT2D eigenvalue weighted by atomic mass is 32.2. The molecule has 1 aromatic carbocycles. The molecule has 0 heterocycles. The Balaban J connectivity index is 0.000000181. The lowest BCUT2D eigenvalue weighted by atomic mass is 9.97. The molecule has 4 heteroatoms. The number of nitrogens with two attached hydrogens (primary N) is 1. The van der Waals surface area contributed by atoms with Gasteiger partial charge in [0.1, 0.15) is 0 Å². The highest BCUT2D eigenvalue weighted by molar-refractivity contribution is 7.79. The SMILES string of the molecule is Cc1ccccc1S(=O)O.NC1CCCCC1. The van der Waals surface area contributed by atoms with Crippen LogP contribution >= 0.6 is 0 Å². The van der Waals surface area contributed by atoms with E-state index < -0.39 is 11.1 Å². The van der Waals surface area contributed by atoms with Crippen LogP contribution in [0.2, 0.25) is 0 Å². The Morgan fingerprint density at radius 2 is 1.82 bits per heavy atom. The second-order valence-electron chi connectivity index (χ2n) is 4.41. The van der Waals surface area contributed by atoms with Crippen LogP contribution in [0.25, 0.3) is 0 Å². The first-order valence-electron chi connectivity index (χ1n) is 6.03. The van der Waals surface area contributed by atoms with E-state index >= 15 is 0 Å². The minimum Gasteiger partial charge on any atom is -0.328 e. The van der Waals surface area contributed by atoms with Gasteiger partial charge in [-0.15, -0.1) is 0 Å². The molecule has 0 radical (unpaired) electrons. The van der Waals surface area contributed by atoms with Crippen LogP contribution in [0.5, 0.6) is 0 Å². The molecule has 0 aliphatic heterocycles. The smallest absolute Gasteiger partial charge is 0.186 e. The summed E-state index contributed by atoms with van der Waals surface area (Å²) >= 11 is -1.84. The monoisotopic (exact) mass is 255 g/mol. The summed E-state index contributed by atoms with van der Waals surface area (Å²) in [5.74, 6) is 0. The van der Waals surface area contributed by atoms with Crippen molar-refractivity contribution in [3.8, 4) is 0 Å². The summed E-state index contributed by atoms with van der Waals surface area (Å²) in [6, 6.07) is 7.57. The maximum atomic E-state index is 10.5. The minimum absolute atomic E-state index is 0.488. The van der Waals surface area contributed by atoms with Gasteiger partial charge >= 0.3 is 0 Å². The molecule has 1 atom stereocenters. The van der Waals surface area contributed by atoms with Gasteiger partial charge in [-0.3, -0.25) is 0 Å². The molecule has 0 aromatic heterocycles. The molecule has 1 fully saturated rings. The molecule has 17 heavy (non-hydrogen) atoms. The van der Waals surface area contributed by atoms with Crippen LogP contribution in [0.1, 0.15) is 37.7 Å². The molecular weight excluding hydrogens is 234 g/mol. The highest BCUT2D eigenvalue weighted by Crippen LogP contribution is 2.14. The molecule has 3 nitrogen and oxygen atoms in total. The number of hydrogen-bond acceptors (Lipinski definition) is 2. The summed E-state index contributed by atoms with van der Waals surface area (Å²) < 4.78 is 19.2. The molecule has 1 unspecified atom stereocenters. The molecular formula is C13H21NO2S. The molecule has 0 spiro atoms. The Labute approximate surface area is 106 Å². The molecule has 1 aliphatic carbocycles. The van der Waals surface area contributed by atoms with Crippen molar-refractivity contribution in [2.45, 2.75) is 50.0 Å². The summed E-state index contributed by atoms with van der Waals surface area (Å²) in [4.78, 5) is 0.488. The first-order chi connectivity index (χ1) is 8.11. The van der Waals surface area contributed by atoms with Gasteiger partial charge in [0.25, 0.3) is 0 Å². The van der Waals surface area contributed by atoms with Gasteiger partial charge in [0.15, 0.2) is 11.1 Å². The summed E-state index contributed by atoms with van der Waals surface area (Å²) in [6.45, 7) is 1.81. The van der Waals surface area contributed by atoms with Crippen molar-refractivity contribution in [2.24, 2.45) is 5.73 Å². The Morgan fingerprint density at radius 1 is 1.24 bits per heavy atom. The van der Waals surface area contributed by atoms with Crippen LogP contribution in [0.4, 0.5) is 0 Å². The number of benzene rings is 1. The lowest BCUT2D eigenvalue weighted by Gasteiger charge is -2.15. The van der Waals surface area contributed by atoms with Gasteiger partial charge in [-0.25, -0.2) is 4.21 Å². The van der Waals surface area contributed by atoms with E-state index in [1.807, 2.05) is 19.1 Å². The van der Waals surface area contributed by atoms with Crippen molar-refractivity contribution in [3.05, 3.63) is 29.8 Å². The number of aryl methyl sites for hydroxylation is 1. The minimum atomic E-state index is -1.84. The average molecular weight is 255 g/mol. The fourth-order valence-corrected chi connectivity index (χ4v) is 2.42. The highest BCUT2D eigenvalue weighted by Gasteiger charge is 2.06. The van der Waals surface area contributed by atoms with E-state index in [0.717, 1.165) is 5.56 Å². The normalized spacial score (nSPS) is 18.1. The predicted octanol–water partition coefficient (Wildman–Crippen LogP) is 2.85. The van der Waals surface area contributed by atoms with Crippen LogP contribution in [-0.2, 0) is 11.1 Å². The molecule has 1 aromatic rings. The molecule has 3 N–H and O–H groups in total. The van der Waals surface area contributed by atoms with Crippen LogP contribution in [-0.4, -0.2) is 14.8 Å². The third-order valence-electron chi connectivity index (χ3n) is 2.93. The van der Waals surface area contributed by atoms with Crippen molar-refractivity contribution in [1.29, 1.82) is 0 Å². The molecule has 0 amide bonds. The lowest BCUT2D eigenvalue weighted by Crippen LogP contribution is -2.22. The summed E-state index contributed by atoms with van der Waals surface area (Å²) in [7, 11) is 0. The van der Waals surface area contributed by atoms with Gasteiger partial charge in [-0.1, -0.05) is 37.5 Å². The molecule has 1 saturated carbocycles. The zero-order chi connectivity index (χ0) is 12.7. The lowest BCUT2D eigenvalue weighted by molar-refractivity contribution is 0.441. The van der Waals surface area contributed by atoms with E-state index in [-0.39, 0.29) is 0 Å². The Kier molecular flexibility index (Phi) is 6.40. The Bertz CT molecular complexity index is 362. The van der Waals surface area contributed by atoms with Crippen molar-refractivity contribution >= 4 is 11.1 Å². The van der Waals surface area contributed by atoms with E-state index in [4.69, 9.17) is 10.3 Å². The van der Waals surface area contributed by atoms with Crippen molar-refractivity contribution < 1.29 is 8.76 Å². The van der Waals surface area contributed by atoms with Gasteiger partial charge in [0, 0.05) is 6.04 Å². The molecule has 0 saturated heterocycles. The van der Waals surface area contributed by atoms with Gasteiger partial charge < -0.3 is 10.3 Å². The molecule has 1 aliphatic rings. The maximum Gasteiger partial charge on any atom is 0.186 e. The third kappa shape index (κ3) is 5.44. The third-order valence-corrected chi connectivity index (χ3v) is 3.77. The van der Waals surface area contributed by atoms with Gasteiger partial charge in [0.05, 0.1) is 4.90 Å². The Morgan fingerprint density at radius 3 is 2.18 bits per heavy atom. The summed E-state index contributed by atoms with van der Waals surface area (Å²) in [5.41, 5.74) is 6.49. The fraction of sp³-hybridized carbons (Fsp3) is 0.538. The van der Waals surface area contributed by atoms with Crippen molar-refractivity contribution in [3.63, 3.8) is 0 Å². The zero-order valence-corrected chi connectivity index (χ0v) is 11.1. The van der Waals surface area contributed by atoms with Crippen molar-refractivity contribution in [1.82, 2.24) is 0 Å². The van der Waals surface area contributed by atoms with Crippen LogP contribution in [0.3, 0.4) is 0 Å². The quantitative estimate of drug-likeness (QED) is 0.758.